The van der Waals surface area contributed by atoms with Crippen molar-refractivity contribution < 1.29 is 0 Å². The molecule has 0 aliphatic heterocycles. The topological polar surface area (TPSA) is 26.0 Å². The van der Waals surface area contributed by atoms with E-state index in [1.54, 1.807) is 0 Å². The molecule has 2 saturated carbocycles. The van der Waals surface area contributed by atoms with Crippen LogP contribution in [0.25, 0.3) is 0 Å². The van der Waals surface area contributed by atoms with Gasteiger partial charge in [0.05, 0.1) is 0 Å². The first-order chi connectivity index (χ1) is 6.27. The van der Waals surface area contributed by atoms with Crippen molar-refractivity contribution in [3.05, 3.63) is 0 Å². The highest BCUT2D eigenvalue weighted by atomic mass is 14.7. The van der Waals surface area contributed by atoms with Gasteiger partial charge in [-0.1, -0.05) is 32.6 Å². The molecule has 3 unspecified atom stereocenters. The molecule has 0 aromatic heterocycles. The van der Waals surface area contributed by atoms with E-state index < -0.39 is 0 Å². The molecule has 0 heterocycles. The molecule has 0 radical (unpaired) electrons. The van der Waals surface area contributed by atoms with E-state index in [1.807, 2.05) is 0 Å². The van der Waals surface area contributed by atoms with Crippen LogP contribution >= 0.6 is 0 Å². The van der Waals surface area contributed by atoms with Crippen LogP contribution in [0.3, 0.4) is 0 Å². The van der Waals surface area contributed by atoms with E-state index in [1.165, 1.54) is 44.9 Å². The molecule has 1 nitrogen and oxygen atoms in total. The van der Waals surface area contributed by atoms with Gasteiger partial charge < -0.3 is 5.73 Å². The lowest BCUT2D eigenvalue weighted by Gasteiger charge is -2.36. The van der Waals surface area contributed by atoms with Gasteiger partial charge in [0, 0.05) is 6.04 Å². The minimum atomic E-state index is 0.527. The quantitative estimate of drug-likeness (QED) is 0.661. The van der Waals surface area contributed by atoms with E-state index in [0.717, 1.165) is 17.8 Å². The minimum Gasteiger partial charge on any atom is -0.327 e. The fourth-order valence-corrected chi connectivity index (χ4v) is 3.38. The smallest absolute Gasteiger partial charge is 0.00700 e. The average Bonchev–Trinajstić information content (AvgIpc) is 2.61. The van der Waals surface area contributed by atoms with Crippen LogP contribution in [0.15, 0.2) is 0 Å². The molecule has 0 amide bonds. The summed E-state index contributed by atoms with van der Waals surface area (Å²) in [5, 5.41) is 0. The van der Waals surface area contributed by atoms with Crippen molar-refractivity contribution in [3.63, 3.8) is 0 Å². The summed E-state index contributed by atoms with van der Waals surface area (Å²) in [6.07, 6.45) is 9.90. The maximum atomic E-state index is 6.22. The molecular formula is C12H23N. The lowest BCUT2D eigenvalue weighted by molar-refractivity contribution is 0.177. The standard InChI is InChI=1S/C12H23N/c1-9-6-7-12(13)11(8-9)10-4-2-3-5-10/h9-12H,2-8,13H2,1H3. The van der Waals surface area contributed by atoms with Crippen LogP contribution < -0.4 is 5.73 Å². The third-order valence-electron chi connectivity index (χ3n) is 4.22. The molecule has 3 atom stereocenters. The maximum absolute atomic E-state index is 6.22. The van der Waals surface area contributed by atoms with Gasteiger partial charge >= 0.3 is 0 Å². The Morgan fingerprint density at radius 1 is 1.00 bits per heavy atom. The van der Waals surface area contributed by atoms with Gasteiger partial charge in [0.25, 0.3) is 0 Å². The average molecular weight is 181 g/mol. The number of nitrogens with two attached hydrogens (primary N) is 1. The number of hydrogen-bond acceptors (Lipinski definition) is 1. The molecule has 0 aromatic rings. The van der Waals surface area contributed by atoms with Gasteiger partial charge in [0.15, 0.2) is 0 Å². The Bertz CT molecular complexity index is 161. The Hall–Kier alpha value is -0.0400. The van der Waals surface area contributed by atoms with Gasteiger partial charge in [-0.3, -0.25) is 0 Å². The van der Waals surface area contributed by atoms with Crippen molar-refractivity contribution in [1.82, 2.24) is 0 Å². The first kappa shape index (κ1) is 9.51. The van der Waals surface area contributed by atoms with Crippen molar-refractivity contribution in [2.24, 2.45) is 23.5 Å². The predicted octanol–water partition coefficient (Wildman–Crippen LogP) is 2.94. The van der Waals surface area contributed by atoms with Crippen molar-refractivity contribution >= 4 is 0 Å². The predicted molar refractivity (Wildman–Crippen MR) is 56.4 cm³/mol. The van der Waals surface area contributed by atoms with E-state index in [4.69, 9.17) is 5.73 Å². The molecule has 76 valence electrons. The molecule has 2 aliphatic rings. The summed E-state index contributed by atoms with van der Waals surface area (Å²) in [7, 11) is 0. The highest BCUT2D eigenvalue weighted by molar-refractivity contribution is 4.87. The zero-order valence-corrected chi connectivity index (χ0v) is 8.84. The zero-order valence-electron chi connectivity index (χ0n) is 8.84. The van der Waals surface area contributed by atoms with Crippen molar-refractivity contribution in [2.45, 2.75) is 57.9 Å². The minimum absolute atomic E-state index is 0.527. The lowest BCUT2D eigenvalue weighted by Crippen LogP contribution is -2.39. The molecular weight excluding hydrogens is 158 g/mol. The molecule has 0 bridgehead atoms. The van der Waals surface area contributed by atoms with Gasteiger partial charge in [-0.15, -0.1) is 0 Å². The van der Waals surface area contributed by atoms with Crippen LogP contribution in [-0.4, -0.2) is 6.04 Å². The van der Waals surface area contributed by atoms with E-state index in [2.05, 4.69) is 6.92 Å². The van der Waals surface area contributed by atoms with E-state index in [0.29, 0.717) is 6.04 Å². The Morgan fingerprint density at radius 3 is 2.38 bits per heavy atom. The third-order valence-corrected chi connectivity index (χ3v) is 4.22. The summed E-state index contributed by atoms with van der Waals surface area (Å²) < 4.78 is 0. The Balaban J connectivity index is 1.94. The number of hydrogen-bond donors (Lipinski definition) is 1. The zero-order chi connectivity index (χ0) is 9.26. The van der Waals surface area contributed by atoms with Crippen molar-refractivity contribution in [1.29, 1.82) is 0 Å². The molecule has 13 heavy (non-hydrogen) atoms. The first-order valence-corrected chi connectivity index (χ1v) is 6.03. The summed E-state index contributed by atoms with van der Waals surface area (Å²) in [6, 6.07) is 0.527. The molecule has 0 spiro atoms. The van der Waals surface area contributed by atoms with Gasteiger partial charge in [-0.2, -0.15) is 0 Å². The first-order valence-electron chi connectivity index (χ1n) is 6.03. The van der Waals surface area contributed by atoms with Crippen LogP contribution in [0.5, 0.6) is 0 Å². The molecule has 2 N–H and O–H groups in total. The highest BCUT2D eigenvalue weighted by Crippen LogP contribution is 2.40. The molecule has 0 saturated heterocycles. The molecule has 1 heteroatoms. The Morgan fingerprint density at radius 2 is 1.69 bits per heavy atom. The summed E-state index contributed by atoms with van der Waals surface area (Å²) in [4.78, 5) is 0. The van der Waals surface area contributed by atoms with Crippen molar-refractivity contribution in [2.75, 3.05) is 0 Å². The molecule has 0 aromatic carbocycles. The van der Waals surface area contributed by atoms with Crippen LogP contribution in [0, 0.1) is 17.8 Å². The fraction of sp³-hybridized carbons (Fsp3) is 1.00. The van der Waals surface area contributed by atoms with Crippen LogP contribution in [0.4, 0.5) is 0 Å². The van der Waals surface area contributed by atoms with E-state index >= 15 is 0 Å². The fourth-order valence-electron chi connectivity index (χ4n) is 3.38. The molecule has 2 fully saturated rings. The van der Waals surface area contributed by atoms with Gasteiger partial charge in [-0.25, -0.2) is 0 Å². The van der Waals surface area contributed by atoms with Crippen LogP contribution in [-0.2, 0) is 0 Å². The van der Waals surface area contributed by atoms with Crippen LogP contribution in [0.2, 0.25) is 0 Å². The monoisotopic (exact) mass is 181 g/mol. The number of rotatable bonds is 1. The van der Waals surface area contributed by atoms with E-state index in [-0.39, 0.29) is 0 Å². The Kier molecular flexibility index (Phi) is 2.92. The highest BCUT2D eigenvalue weighted by Gasteiger charge is 2.33. The second kappa shape index (κ2) is 4.00. The normalized spacial score (nSPS) is 42.5. The summed E-state index contributed by atoms with van der Waals surface area (Å²) in [6.45, 7) is 2.40. The van der Waals surface area contributed by atoms with Crippen molar-refractivity contribution in [3.8, 4) is 0 Å². The maximum Gasteiger partial charge on any atom is 0.00700 e. The summed E-state index contributed by atoms with van der Waals surface area (Å²) >= 11 is 0. The molecule has 2 rings (SSSR count). The van der Waals surface area contributed by atoms with E-state index in [9.17, 15) is 0 Å². The largest absolute Gasteiger partial charge is 0.327 e. The third kappa shape index (κ3) is 2.07. The second-order valence-corrected chi connectivity index (χ2v) is 5.29. The SMILES string of the molecule is CC1CCC(N)C(C2CCCC2)C1. The van der Waals surface area contributed by atoms with Crippen LogP contribution in [0.1, 0.15) is 51.9 Å². The molecule has 2 aliphatic carbocycles. The van der Waals surface area contributed by atoms with Gasteiger partial charge in [0.2, 0.25) is 0 Å². The summed E-state index contributed by atoms with van der Waals surface area (Å²) in [5.74, 6) is 2.79. The van der Waals surface area contributed by atoms with Gasteiger partial charge in [-0.05, 0) is 37.0 Å². The second-order valence-electron chi connectivity index (χ2n) is 5.29. The Labute approximate surface area is 82.1 Å². The summed E-state index contributed by atoms with van der Waals surface area (Å²) in [5.41, 5.74) is 6.22. The lowest BCUT2D eigenvalue weighted by atomic mass is 9.72. The van der Waals surface area contributed by atoms with Gasteiger partial charge in [0.1, 0.15) is 0 Å².